The fourth-order valence-electron chi connectivity index (χ4n) is 2.77. The minimum atomic E-state index is -0.346. The number of benzene rings is 1. The predicted octanol–water partition coefficient (Wildman–Crippen LogP) is 3.81. The van der Waals surface area contributed by atoms with E-state index < -0.39 is 0 Å². The number of esters is 1. The minimum absolute atomic E-state index is 0.00121. The van der Waals surface area contributed by atoms with E-state index in [-0.39, 0.29) is 17.9 Å². The van der Waals surface area contributed by atoms with Crippen LogP contribution in [0.15, 0.2) is 24.3 Å². The Morgan fingerprint density at radius 1 is 1.11 bits per heavy atom. The molecular formula is C15H19FO2. The number of hydrogen-bond acceptors (Lipinski definition) is 2. The van der Waals surface area contributed by atoms with Crippen molar-refractivity contribution in [3.8, 4) is 0 Å². The standard InChI is InChI=1S/C15H19FO2/c1-10-7-11(2)9-14(8-10)18-15(17)12-3-5-13(16)6-4-12/h3-6,10-11,14H,7-9H2,1-2H3. The van der Waals surface area contributed by atoms with Gasteiger partial charge in [0.05, 0.1) is 5.56 Å². The monoisotopic (exact) mass is 250 g/mol. The molecule has 0 amide bonds. The molecule has 2 rings (SSSR count). The predicted molar refractivity (Wildman–Crippen MR) is 67.8 cm³/mol. The maximum atomic E-state index is 12.8. The van der Waals surface area contributed by atoms with Gasteiger partial charge >= 0.3 is 5.97 Å². The average Bonchev–Trinajstić information content (AvgIpc) is 2.28. The zero-order chi connectivity index (χ0) is 13.1. The molecule has 1 fully saturated rings. The zero-order valence-electron chi connectivity index (χ0n) is 10.9. The number of ether oxygens (including phenoxy) is 1. The van der Waals surface area contributed by atoms with Crippen molar-refractivity contribution in [2.24, 2.45) is 11.8 Å². The van der Waals surface area contributed by atoms with Gasteiger partial charge in [-0.2, -0.15) is 0 Å². The summed E-state index contributed by atoms with van der Waals surface area (Å²) in [5, 5.41) is 0. The summed E-state index contributed by atoms with van der Waals surface area (Å²) in [5.41, 5.74) is 0.419. The molecule has 1 aliphatic rings. The van der Waals surface area contributed by atoms with E-state index in [2.05, 4.69) is 13.8 Å². The molecule has 1 aromatic rings. The second-order valence-electron chi connectivity index (χ2n) is 5.45. The van der Waals surface area contributed by atoms with Gasteiger partial charge in [-0.1, -0.05) is 13.8 Å². The second-order valence-corrected chi connectivity index (χ2v) is 5.45. The van der Waals surface area contributed by atoms with E-state index in [0.717, 1.165) is 12.8 Å². The van der Waals surface area contributed by atoms with Crippen molar-refractivity contribution in [2.75, 3.05) is 0 Å². The van der Waals surface area contributed by atoms with Gasteiger partial charge in [0.25, 0.3) is 0 Å². The van der Waals surface area contributed by atoms with Gasteiger partial charge in [0.15, 0.2) is 0 Å². The van der Waals surface area contributed by atoms with Crippen LogP contribution in [0.2, 0.25) is 0 Å². The van der Waals surface area contributed by atoms with E-state index in [1.807, 2.05) is 0 Å². The SMILES string of the molecule is CC1CC(C)CC(OC(=O)c2ccc(F)cc2)C1. The molecule has 0 radical (unpaired) electrons. The highest BCUT2D eigenvalue weighted by Gasteiger charge is 2.26. The summed E-state index contributed by atoms with van der Waals surface area (Å²) in [7, 11) is 0. The summed E-state index contributed by atoms with van der Waals surface area (Å²) < 4.78 is 18.3. The van der Waals surface area contributed by atoms with Gasteiger partial charge in [-0.25, -0.2) is 9.18 Å². The lowest BCUT2D eigenvalue weighted by molar-refractivity contribution is 0.00805. The fraction of sp³-hybridized carbons (Fsp3) is 0.533. The third-order valence-electron chi connectivity index (χ3n) is 3.49. The van der Waals surface area contributed by atoms with Crippen molar-refractivity contribution in [2.45, 2.75) is 39.2 Å². The fourth-order valence-corrected chi connectivity index (χ4v) is 2.77. The van der Waals surface area contributed by atoms with Crippen molar-refractivity contribution in [3.05, 3.63) is 35.6 Å². The van der Waals surface area contributed by atoms with Crippen molar-refractivity contribution in [3.63, 3.8) is 0 Å². The van der Waals surface area contributed by atoms with Gasteiger partial charge in [-0.15, -0.1) is 0 Å². The van der Waals surface area contributed by atoms with Crippen LogP contribution in [0.25, 0.3) is 0 Å². The lowest BCUT2D eigenvalue weighted by Gasteiger charge is -2.31. The molecule has 2 unspecified atom stereocenters. The molecule has 2 nitrogen and oxygen atoms in total. The smallest absolute Gasteiger partial charge is 0.338 e. The zero-order valence-corrected chi connectivity index (χ0v) is 10.9. The molecule has 0 N–H and O–H groups in total. The Labute approximate surface area is 107 Å². The van der Waals surface area contributed by atoms with E-state index in [1.54, 1.807) is 0 Å². The number of hydrogen-bond donors (Lipinski definition) is 0. The Morgan fingerprint density at radius 2 is 1.67 bits per heavy atom. The van der Waals surface area contributed by atoms with Crippen LogP contribution in [0.5, 0.6) is 0 Å². The second kappa shape index (κ2) is 5.51. The third kappa shape index (κ3) is 3.31. The van der Waals surface area contributed by atoms with Crippen LogP contribution in [0, 0.1) is 17.7 Å². The van der Waals surface area contributed by atoms with Crippen molar-refractivity contribution in [1.29, 1.82) is 0 Å². The van der Waals surface area contributed by atoms with Crippen LogP contribution >= 0.6 is 0 Å². The Bertz CT molecular complexity index is 403. The lowest BCUT2D eigenvalue weighted by Crippen LogP contribution is -2.28. The van der Waals surface area contributed by atoms with E-state index in [0.29, 0.717) is 17.4 Å². The Balaban J connectivity index is 1.96. The Kier molecular flexibility index (Phi) is 4.00. The van der Waals surface area contributed by atoms with E-state index in [1.165, 1.54) is 30.7 Å². The number of carbonyl (C=O) groups is 1. The van der Waals surface area contributed by atoms with E-state index >= 15 is 0 Å². The molecule has 3 heteroatoms. The molecule has 0 spiro atoms. The third-order valence-corrected chi connectivity index (χ3v) is 3.49. The first-order valence-corrected chi connectivity index (χ1v) is 6.51. The average molecular weight is 250 g/mol. The highest BCUT2D eigenvalue weighted by atomic mass is 19.1. The van der Waals surface area contributed by atoms with Crippen LogP contribution in [-0.4, -0.2) is 12.1 Å². The van der Waals surface area contributed by atoms with E-state index in [9.17, 15) is 9.18 Å². The summed E-state index contributed by atoms with van der Waals surface area (Å²) in [4.78, 5) is 11.9. The molecule has 1 saturated carbocycles. The van der Waals surface area contributed by atoms with Crippen LogP contribution in [0.1, 0.15) is 43.5 Å². The summed E-state index contributed by atoms with van der Waals surface area (Å²) in [5.74, 6) is 0.507. The van der Waals surface area contributed by atoms with Crippen LogP contribution in [-0.2, 0) is 4.74 Å². The van der Waals surface area contributed by atoms with Gasteiger partial charge < -0.3 is 4.74 Å². The molecule has 1 aromatic carbocycles. The first kappa shape index (κ1) is 13.1. The molecule has 1 aliphatic carbocycles. The van der Waals surface area contributed by atoms with Crippen LogP contribution in [0.3, 0.4) is 0 Å². The number of rotatable bonds is 2. The molecule has 98 valence electrons. The lowest BCUT2D eigenvalue weighted by atomic mass is 9.82. The number of halogens is 1. The van der Waals surface area contributed by atoms with Crippen molar-refractivity contribution >= 4 is 5.97 Å². The maximum absolute atomic E-state index is 12.8. The molecular weight excluding hydrogens is 231 g/mol. The first-order chi connectivity index (χ1) is 8.54. The molecule has 0 aliphatic heterocycles. The molecule has 18 heavy (non-hydrogen) atoms. The highest BCUT2D eigenvalue weighted by molar-refractivity contribution is 5.89. The van der Waals surface area contributed by atoms with Gasteiger partial charge in [0, 0.05) is 0 Å². The molecule has 2 atom stereocenters. The molecule has 0 bridgehead atoms. The van der Waals surface area contributed by atoms with Crippen LogP contribution < -0.4 is 0 Å². The normalized spacial score (nSPS) is 27.8. The summed E-state index contributed by atoms with van der Waals surface area (Å²) in [6, 6.07) is 5.49. The van der Waals surface area contributed by atoms with Gasteiger partial charge in [-0.05, 0) is 55.4 Å². The highest BCUT2D eigenvalue weighted by Crippen LogP contribution is 2.30. The summed E-state index contributed by atoms with van der Waals surface area (Å²) >= 11 is 0. The molecule has 0 heterocycles. The van der Waals surface area contributed by atoms with Gasteiger partial charge in [0.1, 0.15) is 11.9 Å². The van der Waals surface area contributed by atoms with Gasteiger partial charge in [0.2, 0.25) is 0 Å². The number of carbonyl (C=O) groups excluding carboxylic acids is 1. The Hall–Kier alpha value is -1.38. The minimum Gasteiger partial charge on any atom is -0.459 e. The van der Waals surface area contributed by atoms with Gasteiger partial charge in [-0.3, -0.25) is 0 Å². The first-order valence-electron chi connectivity index (χ1n) is 6.51. The Morgan fingerprint density at radius 3 is 2.22 bits per heavy atom. The summed E-state index contributed by atoms with van der Waals surface area (Å²) in [6.07, 6.45) is 3.06. The van der Waals surface area contributed by atoms with Crippen molar-refractivity contribution < 1.29 is 13.9 Å². The molecule has 0 aromatic heterocycles. The largest absolute Gasteiger partial charge is 0.459 e. The molecule has 0 saturated heterocycles. The van der Waals surface area contributed by atoms with E-state index in [4.69, 9.17) is 4.74 Å². The maximum Gasteiger partial charge on any atom is 0.338 e. The quantitative estimate of drug-likeness (QED) is 0.746. The topological polar surface area (TPSA) is 26.3 Å². The van der Waals surface area contributed by atoms with Crippen molar-refractivity contribution in [1.82, 2.24) is 0 Å². The summed E-state index contributed by atoms with van der Waals surface area (Å²) in [6.45, 7) is 4.38. The van der Waals surface area contributed by atoms with Crippen LogP contribution in [0.4, 0.5) is 4.39 Å².